The van der Waals surface area contributed by atoms with Gasteiger partial charge in [0.1, 0.15) is 0 Å². The Morgan fingerprint density at radius 2 is 2.00 bits per heavy atom. The van der Waals surface area contributed by atoms with Crippen molar-refractivity contribution in [2.75, 3.05) is 19.7 Å². The van der Waals surface area contributed by atoms with Crippen LogP contribution in [0.5, 0.6) is 5.88 Å². The van der Waals surface area contributed by atoms with Crippen molar-refractivity contribution in [3.63, 3.8) is 0 Å². The molecule has 1 aliphatic carbocycles. The Kier molecular flexibility index (Phi) is 4.88. The second kappa shape index (κ2) is 6.91. The number of amides is 1. The van der Waals surface area contributed by atoms with Gasteiger partial charge in [0.25, 0.3) is 0 Å². The first kappa shape index (κ1) is 16.9. The molecule has 5 nitrogen and oxygen atoms in total. The quantitative estimate of drug-likeness (QED) is 0.797. The third-order valence-electron chi connectivity index (χ3n) is 4.83. The standard InChI is InChI=1S/C19H27N3O2/c1-19(2,3)16-8-9-17(21-20-16)24-13-14-10-11-22(12-14)18(23)15-6-4-5-7-15/h4-5,8-9,14-15H,6-7,10-13H2,1-3H3. The molecule has 0 radical (unpaired) electrons. The zero-order chi connectivity index (χ0) is 17.2. The predicted octanol–water partition coefficient (Wildman–Crippen LogP) is 2.97. The van der Waals surface area contributed by atoms with E-state index in [2.05, 4.69) is 43.1 Å². The van der Waals surface area contributed by atoms with Crippen LogP contribution in [0.4, 0.5) is 0 Å². The van der Waals surface area contributed by atoms with Gasteiger partial charge in [0.2, 0.25) is 11.8 Å². The maximum absolute atomic E-state index is 12.4. The Balaban J connectivity index is 1.47. The summed E-state index contributed by atoms with van der Waals surface area (Å²) in [5.41, 5.74) is 0.949. The summed E-state index contributed by atoms with van der Waals surface area (Å²) in [6.07, 6.45) is 7.01. The molecule has 1 saturated heterocycles. The monoisotopic (exact) mass is 329 g/mol. The van der Waals surface area contributed by atoms with Gasteiger partial charge in [-0.2, -0.15) is 5.10 Å². The maximum Gasteiger partial charge on any atom is 0.233 e. The number of ether oxygens (including phenoxy) is 1. The van der Waals surface area contributed by atoms with Gasteiger partial charge < -0.3 is 9.64 Å². The zero-order valence-electron chi connectivity index (χ0n) is 14.9. The van der Waals surface area contributed by atoms with Crippen LogP contribution in [-0.4, -0.2) is 40.7 Å². The van der Waals surface area contributed by atoms with E-state index in [1.165, 1.54) is 0 Å². The van der Waals surface area contributed by atoms with Crippen molar-refractivity contribution in [2.45, 2.75) is 45.4 Å². The molecular formula is C19H27N3O2. The highest BCUT2D eigenvalue weighted by Crippen LogP contribution is 2.25. The lowest BCUT2D eigenvalue weighted by Crippen LogP contribution is -2.34. The molecule has 1 fully saturated rings. The number of hydrogen-bond donors (Lipinski definition) is 0. The summed E-state index contributed by atoms with van der Waals surface area (Å²) in [7, 11) is 0. The van der Waals surface area contributed by atoms with Gasteiger partial charge in [0, 0.05) is 36.4 Å². The van der Waals surface area contributed by atoms with Crippen molar-refractivity contribution in [1.82, 2.24) is 15.1 Å². The number of likely N-dealkylation sites (tertiary alicyclic amines) is 1. The third-order valence-corrected chi connectivity index (χ3v) is 4.83. The van der Waals surface area contributed by atoms with Crippen LogP contribution in [0.3, 0.4) is 0 Å². The van der Waals surface area contributed by atoms with Crippen LogP contribution in [-0.2, 0) is 10.2 Å². The van der Waals surface area contributed by atoms with Gasteiger partial charge in [-0.3, -0.25) is 4.79 Å². The molecule has 1 aromatic heterocycles. The van der Waals surface area contributed by atoms with E-state index in [0.29, 0.717) is 24.3 Å². The second-order valence-corrected chi connectivity index (χ2v) is 7.90. The van der Waals surface area contributed by atoms with E-state index in [1.807, 2.05) is 17.0 Å². The molecule has 2 heterocycles. The molecule has 1 atom stereocenters. The first-order chi connectivity index (χ1) is 11.4. The average molecular weight is 329 g/mol. The lowest BCUT2D eigenvalue weighted by molar-refractivity contribution is -0.134. The van der Waals surface area contributed by atoms with E-state index in [-0.39, 0.29) is 11.3 Å². The van der Waals surface area contributed by atoms with E-state index < -0.39 is 0 Å². The normalized spacial score (nSPS) is 21.5. The summed E-state index contributed by atoms with van der Waals surface area (Å²) in [5, 5.41) is 8.41. The van der Waals surface area contributed by atoms with Gasteiger partial charge in [0.05, 0.1) is 12.3 Å². The predicted molar refractivity (Wildman–Crippen MR) is 92.8 cm³/mol. The largest absolute Gasteiger partial charge is 0.476 e. The number of rotatable bonds is 4. The van der Waals surface area contributed by atoms with E-state index in [0.717, 1.165) is 38.0 Å². The fourth-order valence-electron chi connectivity index (χ4n) is 3.25. The minimum Gasteiger partial charge on any atom is -0.476 e. The summed E-state index contributed by atoms with van der Waals surface area (Å²) in [6, 6.07) is 3.86. The highest BCUT2D eigenvalue weighted by atomic mass is 16.5. The van der Waals surface area contributed by atoms with E-state index >= 15 is 0 Å². The van der Waals surface area contributed by atoms with Gasteiger partial charge in [0.15, 0.2) is 0 Å². The molecule has 24 heavy (non-hydrogen) atoms. The highest BCUT2D eigenvalue weighted by molar-refractivity contribution is 5.79. The van der Waals surface area contributed by atoms with Crippen LogP contribution in [0.1, 0.15) is 45.7 Å². The lowest BCUT2D eigenvalue weighted by Gasteiger charge is -2.20. The third kappa shape index (κ3) is 3.94. The zero-order valence-corrected chi connectivity index (χ0v) is 14.9. The molecule has 3 rings (SSSR count). The number of allylic oxidation sites excluding steroid dienone is 2. The summed E-state index contributed by atoms with van der Waals surface area (Å²) in [5.74, 6) is 1.41. The molecule has 1 amide bonds. The molecule has 2 aliphatic rings. The van der Waals surface area contributed by atoms with Gasteiger partial charge >= 0.3 is 0 Å². The topological polar surface area (TPSA) is 55.3 Å². The smallest absolute Gasteiger partial charge is 0.233 e. The number of carbonyl (C=O) groups excluding carboxylic acids is 1. The molecular weight excluding hydrogens is 302 g/mol. The Bertz CT molecular complexity index is 596. The number of aromatic nitrogens is 2. The highest BCUT2D eigenvalue weighted by Gasteiger charge is 2.31. The Labute approximate surface area is 144 Å². The van der Waals surface area contributed by atoms with Gasteiger partial charge in [-0.25, -0.2) is 0 Å². The van der Waals surface area contributed by atoms with Gasteiger partial charge in [-0.05, 0) is 25.3 Å². The Hall–Kier alpha value is -1.91. The van der Waals surface area contributed by atoms with Crippen LogP contribution >= 0.6 is 0 Å². The number of nitrogens with zero attached hydrogens (tertiary/aromatic N) is 3. The summed E-state index contributed by atoms with van der Waals surface area (Å²) < 4.78 is 5.79. The molecule has 0 saturated carbocycles. The lowest BCUT2D eigenvalue weighted by atomic mass is 9.92. The van der Waals surface area contributed by atoms with Crippen molar-refractivity contribution in [3.8, 4) is 5.88 Å². The summed E-state index contributed by atoms with van der Waals surface area (Å²) in [4.78, 5) is 14.4. The first-order valence-electron chi connectivity index (χ1n) is 8.84. The van der Waals surface area contributed by atoms with Crippen LogP contribution < -0.4 is 4.74 Å². The van der Waals surface area contributed by atoms with Crippen LogP contribution in [0.25, 0.3) is 0 Å². The molecule has 5 heteroatoms. The van der Waals surface area contributed by atoms with Crippen molar-refractivity contribution in [2.24, 2.45) is 11.8 Å². The fourth-order valence-corrected chi connectivity index (χ4v) is 3.25. The minimum absolute atomic E-state index is 0.00700. The van der Waals surface area contributed by atoms with Crippen LogP contribution in [0.2, 0.25) is 0 Å². The maximum atomic E-state index is 12.4. The average Bonchev–Trinajstić information content (AvgIpc) is 3.23. The molecule has 0 spiro atoms. The Morgan fingerprint density at radius 3 is 2.62 bits per heavy atom. The van der Waals surface area contributed by atoms with Gasteiger partial charge in [-0.1, -0.05) is 32.9 Å². The fraction of sp³-hybridized carbons (Fsp3) is 0.632. The van der Waals surface area contributed by atoms with E-state index in [4.69, 9.17) is 4.74 Å². The minimum atomic E-state index is -0.00700. The molecule has 0 bridgehead atoms. The van der Waals surface area contributed by atoms with Crippen molar-refractivity contribution < 1.29 is 9.53 Å². The SMILES string of the molecule is CC(C)(C)c1ccc(OCC2CCN(C(=O)C3CC=CC3)C2)nn1. The van der Waals surface area contributed by atoms with Crippen molar-refractivity contribution >= 4 is 5.91 Å². The summed E-state index contributed by atoms with van der Waals surface area (Å²) >= 11 is 0. The molecule has 0 aromatic carbocycles. The molecule has 130 valence electrons. The van der Waals surface area contributed by atoms with Crippen molar-refractivity contribution in [3.05, 3.63) is 30.0 Å². The molecule has 0 N–H and O–H groups in total. The second-order valence-electron chi connectivity index (χ2n) is 7.90. The van der Waals surface area contributed by atoms with Crippen LogP contribution in [0, 0.1) is 11.8 Å². The van der Waals surface area contributed by atoms with Crippen LogP contribution in [0.15, 0.2) is 24.3 Å². The summed E-state index contributed by atoms with van der Waals surface area (Å²) in [6.45, 7) is 8.57. The first-order valence-corrected chi connectivity index (χ1v) is 8.84. The number of hydrogen-bond acceptors (Lipinski definition) is 4. The Morgan fingerprint density at radius 1 is 1.25 bits per heavy atom. The van der Waals surface area contributed by atoms with Gasteiger partial charge in [-0.15, -0.1) is 5.10 Å². The molecule has 1 aromatic rings. The van der Waals surface area contributed by atoms with Crippen molar-refractivity contribution in [1.29, 1.82) is 0 Å². The number of carbonyl (C=O) groups is 1. The molecule has 1 unspecified atom stereocenters. The van der Waals surface area contributed by atoms with E-state index in [9.17, 15) is 4.79 Å². The molecule has 1 aliphatic heterocycles. The van der Waals surface area contributed by atoms with E-state index in [1.54, 1.807) is 0 Å².